The number of aromatic nitrogens is 3. The smallest absolute Gasteiger partial charge is 0.191 e. The van der Waals surface area contributed by atoms with E-state index in [9.17, 15) is 0 Å². The van der Waals surface area contributed by atoms with Gasteiger partial charge in [0.1, 0.15) is 5.82 Å². The fourth-order valence-electron chi connectivity index (χ4n) is 0.999. The van der Waals surface area contributed by atoms with E-state index in [0.717, 1.165) is 17.5 Å². The third-order valence-corrected chi connectivity index (χ3v) is 2.54. The van der Waals surface area contributed by atoms with Gasteiger partial charge in [-0.2, -0.15) is 0 Å². The molecule has 0 fully saturated rings. The van der Waals surface area contributed by atoms with Crippen molar-refractivity contribution in [3.63, 3.8) is 0 Å². The number of rotatable bonds is 4. The lowest BCUT2D eigenvalue weighted by Crippen LogP contribution is -2.01. The van der Waals surface area contributed by atoms with Gasteiger partial charge in [-0.05, 0) is 6.92 Å². The van der Waals surface area contributed by atoms with Crippen LogP contribution in [0, 0.1) is 6.92 Å². The number of hydrogen-bond donors (Lipinski definition) is 0. The molecule has 0 saturated carbocycles. The fourth-order valence-corrected chi connectivity index (χ4v) is 1.84. The Morgan fingerprint density at radius 2 is 2.23 bits per heavy atom. The zero-order valence-corrected chi connectivity index (χ0v) is 9.14. The van der Waals surface area contributed by atoms with E-state index in [4.69, 9.17) is 0 Å². The van der Waals surface area contributed by atoms with Crippen LogP contribution in [0.1, 0.15) is 19.7 Å². The summed E-state index contributed by atoms with van der Waals surface area (Å²) in [5.41, 5.74) is 0. The second-order valence-electron chi connectivity index (χ2n) is 3.10. The molecule has 0 aliphatic heterocycles. The summed E-state index contributed by atoms with van der Waals surface area (Å²) >= 11 is 1.73. The number of thioether (sulfide) groups is 1. The van der Waals surface area contributed by atoms with Gasteiger partial charge in [-0.1, -0.05) is 31.7 Å². The van der Waals surface area contributed by atoms with Crippen molar-refractivity contribution in [3.8, 4) is 0 Å². The zero-order valence-electron chi connectivity index (χ0n) is 8.32. The van der Waals surface area contributed by atoms with Crippen LogP contribution in [-0.4, -0.2) is 20.0 Å². The van der Waals surface area contributed by atoms with Crippen molar-refractivity contribution in [2.75, 3.05) is 0 Å². The first-order valence-corrected chi connectivity index (χ1v) is 5.20. The minimum atomic E-state index is 0.534. The molecule has 3 nitrogen and oxygen atoms in total. The summed E-state index contributed by atoms with van der Waals surface area (Å²) in [5, 5.41) is 9.65. The van der Waals surface area contributed by atoms with Crippen LogP contribution in [0.25, 0.3) is 0 Å². The first kappa shape index (κ1) is 10.3. The minimum Gasteiger partial charge on any atom is -0.302 e. The maximum atomic E-state index is 4.10. The van der Waals surface area contributed by atoms with E-state index in [-0.39, 0.29) is 0 Å². The Kier molecular flexibility index (Phi) is 3.54. The second kappa shape index (κ2) is 4.46. The Labute approximate surface area is 83.2 Å². The molecule has 0 N–H and O–H groups in total. The standard InChI is InChI=1S/C9H15N3S/c1-5-6-12-8(4)10-11-9(12)13-7(2)3/h5,7H,1,6H2,2-4H3. The summed E-state index contributed by atoms with van der Waals surface area (Å²) in [6.45, 7) is 10.7. The summed E-state index contributed by atoms with van der Waals surface area (Å²) in [5.74, 6) is 0.947. The maximum Gasteiger partial charge on any atom is 0.191 e. The van der Waals surface area contributed by atoms with Gasteiger partial charge in [0.15, 0.2) is 5.16 Å². The summed E-state index contributed by atoms with van der Waals surface area (Å²) in [6, 6.07) is 0. The molecule has 0 aliphatic carbocycles. The van der Waals surface area contributed by atoms with E-state index in [0.29, 0.717) is 5.25 Å². The van der Waals surface area contributed by atoms with Crippen LogP contribution in [-0.2, 0) is 6.54 Å². The molecule has 1 rings (SSSR count). The molecule has 13 heavy (non-hydrogen) atoms. The van der Waals surface area contributed by atoms with Crippen molar-refractivity contribution in [3.05, 3.63) is 18.5 Å². The molecule has 0 amide bonds. The second-order valence-corrected chi connectivity index (χ2v) is 4.64. The molecular formula is C9H15N3S. The van der Waals surface area contributed by atoms with E-state index in [1.54, 1.807) is 11.8 Å². The van der Waals surface area contributed by atoms with Gasteiger partial charge >= 0.3 is 0 Å². The molecule has 0 unspecified atom stereocenters. The number of aryl methyl sites for hydroxylation is 1. The highest BCUT2D eigenvalue weighted by molar-refractivity contribution is 7.99. The Morgan fingerprint density at radius 3 is 2.77 bits per heavy atom. The van der Waals surface area contributed by atoms with Gasteiger partial charge < -0.3 is 4.57 Å². The van der Waals surface area contributed by atoms with Crippen molar-refractivity contribution in [1.29, 1.82) is 0 Å². The van der Waals surface area contributed by atoms with Crippen LogP contribution in [0.5, 0.6) is 0 Å². The third-order valence-electron chi connectivity index (χ3n) is 1.55. The molecule has 0 spiro atoms. The van der Waals surface area contributed by atoms with Crippen molar-refractivity contribution in [2.45, 2.75) is 37.7 Å². The lowest BCUT2D eigenvalue weighted by Gasteiger charge is -2.06. The predicted molar refractivity (Wildman–Crippen MR) is 55.9 cm³/mol. The fraction of sp³-hybridized carbons (Fsp3) is 0.556. The molecular weight excluding hydrogens is 182 g/mol. The Hall–Kier alpha value is -0.770. The third kappa shape index (κ3) is 2.59. The van der Waals surface area contributed by atoms with Gasteiger partial charge in [0, 0.05) is 11.8 Å². The quantitative estimate of drug-likeness (QED) is 0.548. The molecule has 4 heteroatoms. The zero-order chi connectivity index (χ0) is 9.84. The normalized spacial score (nSPS) is 10.8. The molecule has 1 heterocycles. The van der Waals surface area contributed by atoms with Gasteiger partial charge in [-0.3, -0.25) is 0 Å². The van der Waals surface area contributed by atoms with Gasteiger partial charge in [0.05, 0.1) is 0 Å². The van der Waals surface area contributed by atoms with Crippen LogP contribution in [0.3, 0.4) is 0 Å². The summed E-state index contributed by atoms with van der Waals surface area (Å²) < 4.78 is 2.07. The SMILES string of the molecule is C=CCn1c(C)nnc1SC(C)C. The predicted octanol–water partition coefficient (Wildman–Crippen LogP) is 2.27. The number of nitrogens with zero attached hydrogens (tertiary/aromatic N) is 3. The van der Waals surface area contributed by atoms with Crippen molar-refractivity contribution in [2.24, 2.45) is 0 Å². The summed E-state index contributed by atoms with van der Waals surface area (Å²) in [6.07, 6.45) is 1.86. The lowest BCUT2D eigenvalue weighted by atomic mass is 10.6. The van der Waals surface area contributed by atoms with Gasteiger partial charge in [0.2, 0.25) is 0 Å². The van der Waals surface area contributed by atoms with Crippen molar-refractivity contribution < 1.29 is 0 Å². The minimum absolute atomic E-state index is 0.534. The average molecular weight is 197 g/mol. The number of allylic oxidation sites excluding steroid dienone is 1. The van der Waals surface area contributed by atoms with Crippen molar-refractivity contribution in [1.82, 2.24) is 14.8 Å². The Balaban J connectivity index is 2.86. The molecule has 0 bridgehead atoms. The topological polar surface area (TPSA) is 30.7 Å². The molecule has 0 atom stereocenters. The number of hydrogen-bond acceptors (Lipinski definition) is 3. The van der Waals surface area contributed by atoms with Crippen LogP contribution in [0.2, 0.25) is 0 Å². The maximum absolute atomic E-state index is 4.10. The highest BCUT2D eigenvalue weighted by atomic mass is 32.2. The highest BCUT2D eigenvalue weighted by Crippen LogP contribution is 2.21. The van der Waals surface area contributed by atoms with Gasteiger partial charge in [-0.25, -0.2) is 0 Å². The monoisotopic (exact) mass is 197 g/mol. The van der Waals surface area contributed by atoms with E-state index < -0.39 is 0 Å². The molecule has 1 aromatic rings. The highest BCUT2D eigenvalue weighted by Gasteiger charge is 2.09. The molecule has 0 saturated heterocycles. The molecule has 0 aromatic carbocycles. The van der Waals surface area contributed by atoms with Crippen LogP contribution in [0.4, 0.5) is 0 Å². The van der Waals surface area contributed by atoms with E-state index in [1.807, 2.05) is 13.0 Å². The van der Waals surface area contributed by atoms with E-state index in [2.05, 4.69) is 35.2 Å². The van der Waals surface area contributed by atoms with Gasteiger partial charge in [-0.15, -0.1) is 16.8 Å². The van der Waals surface area contributed by atoms with Gasteiger partial charge in [0.25, 0.3) is 0 Å². The van der Waals surface area contributed by atoms with E-state index in [1.165, 1.54) is 0 Å². The molecule has 0 radical (unpaired) electrons. The Bertz CT molecular complexity index is 291. The average Bonchev–Trinajstić information content (AvgIpc) is 2.35. The largest absolute Gasteiger partial charge is 0.302 e. The van der Waals surface area contributed by atoms with Crippen LogP contribution >= 0.6 is 11.8 Å². The summed E-state index contributed by atoms with van der Waals surface area (Å²) in [4.78, 5) is 0. The first-order valence-electron chi connectivity index (χ1n) is 4.32. The van der Waals surface area contributed by atoms with E-state index >= 15 is 0 Å². The van der Waals surface area contributed by atoms with Crippen LogP contribution < -0.4 is 0 Å². The lowest BCUT2D eigenvalue weighted by molar-refractivity contribution is 0.702. The van der Waals surface area contributed by atoms with Crippen molar-refractivity contribution >= 4 is 11.8 Å². The van der Waals surface area contributed by atoms with Crippen LogP contribution in [0.15, 0.2) is 17.8 Å². The summed E-state index contributed by atoms with van der Waals surface area (Å²) in [7, 11) is 0. The Morgan fingerprint density at radius 1 is 1.54 bits per heavy atom. The first-order chi connectivity index (χ1) is 6.15. The molecule has 72 valence electrons. The molecule has 0 aliphatic rings. The molecule has 1 aromatic heterocycles.